The van der Waals surface area contributed by atoms with Gasteiger partial charge >= 0.3 is 0 Å². The molecule has 0 aromatic carbocycles. The Balaban J connectivity index is 1.85. The molecular formula is C14H23NS. The van der Waals surface area contributed by atoms with Gasteiger partial charge < -0.3 is 5.32 Å². The summed E-state index contributed by atoms with van der Waals surface area (Å²) < 4.78 is 0. The molecule has 3 atom stereocenters. The van der Waals surface area contributed by atoms with Gasteiger partial charge in [0.1, 0.15) is 0 Å². The van der Waals surface area contributed by atoms with Crippen molar-refractivity contribution in [3.63, 3.8) is 0 Å². The molecule has 0 amide bonds. The van der Waals surface area contributed by atoms with Gasteiger partial charge in [-0.15, -0.1) is 11.3 Å². The summed E-state index contributed by atoms with van der Waals surface area (Å²) in [5.41, 5.74) is 0. The van der Waals surface area contributed by atoms with E-state index in [-0.39, 0.29) is 0 Å². The van der Waals surface area contributed by atoms with Crippen molar-refractivity contribution >= 4 is 11.3 Å². The fraction of sp³-hybridized carbons (Fsp3) is 0.714. The zero-order valence-electron chi connectivity index (χ0n) is 10.6. The first-order valence-corrected chi connectivity index (χ1v) is 7.27. The van der Waals surface area contributed by atoms with Crippen LogP contribution in [0.5, 0.6) is 0 Å². The largest absolute Gasteiger partial charge is 0.309 e. The summed E-state index contributed by atoms with van der Waals surface area (Å²) in [7, 11) is 0. The summed E-state index contributed by atoms with van der Waals surface area (Å²) in [6, 6.07) is 5.20. The van der Waals surface area contributed by atoms with Crippen LogP contribution >= 0.6 is 11.3 Å². The van der Waals surface area contributed by atoms with E-state index in [1.54, 1.807) is 0 Å². The van der Waals surface area contributed by atoms with Crippen LogP contribution in [-0.4, -0.2) is 6.04 Å². The van der Waals surface area contributed by atoms with Crippen LogP contribution in [0.1, 0.15) is 42.9 Å². The van der Waals surface area contributed by atoms with Crippen molar-refractivity contribution in [3.05, 3.63) is 21.9 Å². The van der Waals surface area contributed by atoms with Gasteiger partial charge in [0, 0.05) is 22.3 Å². The van der Waals surface area contributed by atoms with E-state index in [4.69, 9.17) is 0 Å². The van der Waals surface area contributed by atoms with Gasteiger partial charge in [0.05, 0.1) is 0 Å². The smallest absolute Gasteiger partial charge is 0.0302 e. The number of thiophene rings is 1. The van der Waals surface area contributed by atoms with Gasteiger partial charge in [0.2, 0.25) is 0 Å². The maximum Gasteiger partial charge on any atom is 0.0302 e. The van der Waals surface area contributed by atoms with Crippen molar-refractivity contribution in [2.24, 2.45) is 11.8 Å². The number of hydrogen-bond donors (Lipinski definition) is 1. The second-order valence-corrected chi connectivity index (χ2v) is 6.64. The second kappa shape index (κ2) is 5.33. The molecule has 1 N–H and O–H groups in total. The molecule has 1 aromatic heterocycles. The fourth-order valence-electron chi connectivity index (χ4n) is 2.68. The van der Waals surface area contributed by atoms with Gasteiger partial charge in [0.15, 0.2) is 0 Å². The van der Waals surface area contributed by atoms with Gasteiger partial charge in [0.25, 0.3) is 0 Å². The summed E-state index contributed by atoms with van der Waals surface area (Å²) in [4.78, 5) is 2.89. The number of nitrogens with one attached hydrogen (secondary N) is 1. The number of hydrogen-bond acceptors (Lipinski definition) is 2. The highest BCUT2D eigenvalue weighted by molar-refractivity contribution is 7.11. The molecule has 1 heterocycles. The van der Waals surface area contributed by atoms with Gasteiger partial charge in [-0.25, -0.2) is 0 Å². The maximum atomic E-state index is 3.74. The van der Waals surface area contributed by atoms with E-state index >= 15 is 0 Å². The monoisotopic (exact) mass is 237 g/mol. The predicted molar refractivity (Wildman–Crippen MR) is 71.9 cm³/mol. The van der Waals surface area contributed by atoms with Gasteiger partial charge in [-0.05, 0) is 37.3 Å². The molecule has 1 aromatic rings. The van der Waals surface area contributed by atoms with Crippen molar-refractivity contribution in [1.82, 2.24) is 5.32 Å². The molecule has 2 heteroatoms. The molecular weight excluding hydrogens is 214 g/mol. The Bertz CT molecular complexity index is 331. The standard InChI is InChI=1S/C14H23NS/c1-10-5-4-6-14(12(10)3)15-9-13-8-7-11(2)16-13/h7-8,10,12,14-15H,4-6,9H2,1-3H3/t10-,12-,14+/m0/s1. The highest BCUT2D eigenvalue weighted by atomic mass is 32.1. The quantitative estimate of drug-likeness (QED) is 0.838. The van der Waals surface area contributed by atoms with Gasteiger partial charge in [-0.3, -0.25) is 0 Å². The molecule has 2 rings (SSSR count). The highest BCUT2D eigenvalue weighted by Crippen LogP contribution is 2.29. The summed E-state index contributed by atoms with van der Waals surface area (Å²) in [6.07, 6.45) is 4.17. The molecule has 0 bridgehead atoms. The zero-order valence-corrected chi connectivity index (χ0v) is 11.4. The third-order valence-corrected chi connectivity index (χ3v) is 5.04. The minimum absolute atomic E-state index is 0.728. The van der Waals surface area contributed by atoms with Crippen LogP contribution in [0.15, 0.2) is 12.1 Å². The van der Waals surface area contributed by atoms with Crippen LogP contribution in [0, 0.1) is 18.8 Å². The van der Waals surface area contributed by atoms with E-state index in [9.17, 15) is 0 Å². The van der Waals surface area contributed by atoms with Crippen LogP contribution < -0.4 is 5.32 Å². The number of rotatable bonds is 3. The van der Waals surface area contributed by atoms with Crippen LogP contribution in [0.3, 0.4) is 0 Å². The average Bonchev–Trinajstić information content (AvgIpc) is 2.67. The lowest BCUT2D eigenvalue weighted by Gasteiger charge is -2.34. The van der Waals surface area contributed by atoms with Gasteiger partial charge in [-0.2, -0.15) is 0 Å². The third kappa shape index (κ3) is 2.86. The van der Waals surface area contributed by atoms with Crippen LogP contribution in [0.2, 0.25) is 0 Å². The van der Waals surface area contributed by atoms with Crippen molar-refractivity contribution in [1.29, 1.82) is 0 Å². The first-order chi connectivity index (χ1) is 7.66. The molecule has 1 aliphatic rings. The molecule has 0 radical (unpaired) electrons. The van der Waals surface area contributed by atoms with Crippen LogP contribution in [-0.2, 0) is 6.54 Å². The molecule has 1 saturated carbocycles. The molecule has 1 aliphatic carbocycles. The maximum absolute atomic E-state index is 3.74. The van der Waals surface area contributed by atoms with Crippen molar-refractivity contribution in [2.45, 2.75) is 52.6 Å². The predicted octanol–water partition coefficient (Wildman–Crippen LogP) is 3.97. The average molecular weight is 237 g/mol. The Kier molecular flexibility index (Phi) is 4.04. The number of aryl methyl sites for hydroxylation is 1. The van der Waals surface area contributed by atoms with E-state index in [1.807, 2.05) is 11.3 Å². The lowest BCUT2D eigenvalue weighted by molar-refractivity contribution is 0.206. The third-order valence-electron chi connectivity index (χ3n) is 4.04. The lowest BCUT2D eigenvalue weighted by atomic mass is 9.78. The molecule has 16 heavy (non-hydrogen) atoms. The second-order valence-electron chi connectivity index (χ2n) is 5.27. The van der Waals surface area contributed by atoms with E-state index in [2.05, 4.69) is 38.2 Å². The summed E-state index contributed by atoms with van der Waals surface area (Å²) in [5, 5.41) is 3.74. The van der Waals surface area contributed by atoms with Crippen molar-refractivity contribution in [2.75, 3.05) is 0 Å². The normalized spacial score (nSPS) is 30.6. The molecule has 90 valence electrons. The molecule has 0 spiro atoms. The van der Waals surface area contributed by atoms with Crippen molar-refractivity contribution in [3.8, 4) is 0 Å². The highest BCUT2D eigenvalue weighted by Gasteiger charge is 2.26. The van der Waals surface area contributed by atoms with Crippen molar-refractivity contribution < 1.29 is 0 Å². The topological polar surface area (TPSA) is 12.0 Å². The van der Waals surface area contributed by atoms with E-state index in [0.717, 1.165) is 24.4 Å². The molecule has 1 nitrogen and oxygen atoms in total. The summed E-state index contributed by atoms with van der Waals surface area (Å²) in [5.74, 6) is 1.71. The fourth-order valence-corrected chi connectivity index (χ4v) is 3.52. The zero-order chi connectivity index (χ0) is 11.5. The summed E-state index contributed by atoms with van der Waals surface area (Å²) >= 11 is 1.92. The Morgan fingerprint density at radius 3 is 2.81 bits per heavy atom. The summed E-state index contributed by atoms with van der Waals surface area (Å²) in [6.45, 7) is 8.04. The molecule has 1 fully saturated rings. The van der Waals surface area contributed by atoms with E-state index < -0.39 is 0 Å². The Hall–Kier alpha value is -0.340. The molecule has 0 aliphatic heterocycles. The minimum Gasteiger partial charge on any atom is -0.309 e. The Labute approximate surface area is 103 Å². The van der Waals surface area contributed by atoms with E-state index in [0.29, 0.717) is 0 Å². The van der Waals surface area contributed by atoms with Gasteiger partial charge in [-0.1, -0.05) is 26.7 Å². The van der Waals surface area contributed by atoms with Crippen LogP contribution in [0.25, 0.3) is 0 Å². The first kappa shape index (κ1) is 12.1. The minimum atomic E-state index is 0.728. The SMILES string of the molecule is Cc1ccc(CN[C@@H]2CCC[C@H](C)[C@@H]2C)s1. The van der Waals surface area contributed by atoms with Crippen LogP contribution in [0.4, 0.5) is 0 Å². The Morgan fingerprint density at radius 1 is 1.31 bits per heavy atom. The molecule has 0 unspecified atom stereocenters. The lowest BCUT2D eigenvalue weighted by Crippen LogP contribution is -2.40. The Morgan fingerprint density at radius 2 is 2.12 bits per heavy atom. The van der Waals surface area contributed by atoms with E-state index in [1.165, 1.54) is 29.0 Å². The molecule has 0 saturated heterocycles. The first-order valence-electron chi connectivity index (χ1n) is 6.45.